The third-order valence-corrected chi connectivity index (χ3v) is 3.90. The van der Waals surface area contributed by atoms with Crippen molar-refractivity contribution in [2.24, 2.45) is 0 Å². The average Bonchev–Trinajstić information content (AvgIpc) is 2.63. The molecule has 0 heterocycles. The fraction of sp³-hybridized carbons (Fsp3) is 0.458. The molecule has 0 atom stereocenters. The van der Waals surface area contributed by atoms with Gasteiger partial charge in [-0.25, -0.2) is 0 Å². The van der Waals surface area contributed by atoms with Crippen molar-refractivity contribution >= 4 is 18.2 Å². The fourth-order valence-corrected chi connectivity index (χ4v) is 2.37. The van der Waals surface area contributed by atoms with Crippen LogP contribution in [0.4, 0.5) is 0 Å². The van der Waals surface area contributed by atoms with Crippen molar-refractivity contribution < 1.29 is 23.9 Å². The van der Waals surface area contributed by atoms with E-state index in [-0.39, 0.29) is 0 Å². The van der Waals surface area contributed by atoms with Gasteiger partial charge in [0.15, 0.2) is 0 Å². The van der Waals surface area contributed by atoms with E-state index in [1.165, 1.54) is 37.5 Å². The van der Waals surface area contributed by atoms with Gasteiger partial charge >= 0.3 is 11.9 Å². The van der Waals surface area contributed by atoms with Gasteiger partial charge in [-0.15, -0.1) is 0 Å². The zero-order valence-electron chi connectivity index (χ0n) is 18.3. The maximum atomic E-state index is 11.2. The fourth-order valence-electron chi connectivity index (χ4n) is 2.37. The standard InChI is InChI=1S/C24H34O5/c1-19(2)9-6-12-23(17-25)13-7-10-20(3)11-8-14-24(18-29-22(5)27)15-16-28-21(4)26/h9,11,13,15-18H,6-8,10,12,14H2,1-5H3/b16-15+,20-11+,23-13+,24-18+. The van der Waals surface area contributed by atoms with Crippen molar-refractivity contribution in [3.05, 3.63) is 59.1 Å². The number of esters is 2. The number of allylic oxidation sites excluding steroid dienone is 8. The van der Waals surface area contributed by atoms with Gasteiger partial charge in [-0.2, -0.15) is 0 Å². The molecule has 160 valence electrons. The molecule has 0 aliphatic rings. The van der Waals surface area contributed by atoms with Crippen molar-refractivity contribution in [1.82, 2.24) is 0 Å². The molecular formula is C24H34O5. The summed E-state index contributed by atoms with van der Waals surface area (Å²) in [5.74, 6) is -0.815. The van der Waals surface area contributed by atoms with Crippen LogP contribution in [0.3, 0.4) is 0 Å². The van der Waals surface area contributed by atoms with Crippen LogP contribution >= 0.6 is 0 Å². The Morgan fingerprint density at radius 2 is 1.31 bits per heavy atom. The minimum Gasteiger partial charge on any atom is -0.435 e. The lowest BCUT2D eigenvalue weighted by atomic mass is 10.0. The Kier molecular flexibility index (Phi) is 14.8. The molecule has 0 radical (unpaired) electrons. The van der Waals surface area contributed by atoms with Crippen molar-refractivity contribution in [1.29, 1.82) is 0 Å². The molecule has 29 heavy (non-hydrogen) atoms. The summed E-state index contributed by atoms with van der Waals surface area (Å²) >= 11 is 0. The zero-order chi connectivity index (χ0) is 22.1. The van der Waals surface area contributed by atoms with Crippen molar-refractivity contribution in [3.8, 4) is 0 Å². The lowest BCUT2D eigenvalue weighted by Crippen LogP contribution is -1.93. The molecule has 0 N–H and O–H groups in total. The Balaban J connectivity index is 4.59. The number of aldehydes is 1. The van der Waals surface area contributed by atoms with Crippen molar-refractivity contribution in [3.63, 3.8) is 0 Å². The molecule has 0 rings (SSSR count). The van der Waals surface area contributed by atoms with Gasteiger partial charge in [0.05, 0.1) is 12.5 Å². The van der Waals surface area contributed by atoms with E-state index < -0.39 is 11.9 Å². The lowest BCUT2D eigenvalue weighted by molar-refractivity contribution is -0.136. The van der Waals surface area contributed by atoms with Gasteiger partial charge in [0, 0.05) is 13.8 Å². The van der Waals surface area contributed by atoms with E-state index in [1.54, 1.807) is 6.08 Å². The van der Waals surface area contributed by atoms with Crippen LogP contribution < -0.4 is 0 Å². The molecule has 0 aliphatic heterocycles. The number of hydrogen-bond acceptors (Lipinski definition) is 5. The minimum absolute atomic E-state index is 0.405. The molecule has 5 heteroatoms. The summed E-state index contributed by atoms with van der Waals surface area (Å²) in [6.07, 6.45) is 16.3. The van der Waals surface area contributed by atoms with Crippen LogP contribution in [0.15, 0.2) is 59.1 Å². The van der Waals surface area contributed by atoms with Crippen LogP contribution in [0.1, 0.15) is 73.1 Å². The van der Waals surface area contributed by atoms with E-state index in [2.05, 4.69) is 32.9 Å². The Hall–Kier alpha value is -2.69. The highest BCUT2D eigenvalue weighted by Crippen LogP contribution is 2.14. The zero-order valence-corrected chi connectivity index (χ0v) is 18.3. The summed E-state index contributed by atoms with van der Waals surface area (Å²) in [6.45, 7) is 8.81. The number of hydrogen-bond donors (Lipinski definition) is 0. The second-order valence-corrected chi connectivity index (χ2v) is 7.06. The van der Waals surface area contributed by atoms with Gasteiger partial charge in [0.1, 0.15) is 6.29 Å². The van der Waals surface area contributed by atoms with Gasteiger partial charge in [0.2, 0.25) is 0 Å². The lowest BCUT2D eigenvalue weighted by Gasteiger charge is -2.03. The number of carbonyl (C=O) groups excluding carboxylic acids is 3. The van der Waals surface area contributed by atoms with Gasteiger partial charge in [-0.05, 0) is 76.5 Å². The molecule has 0 unspecified atom stereocenters. The van der Waals surface area contributed by atoms with Crippen LogP contribution in [-0.4, -0.2) is 18.2 Å². The third kappa shape index (κ3) is 17.2. The third-order valence-electron chi connectivity index (χ3n) is 3.90. The Morgan fingerprint density at radius 3 is 1.90 bits per heavy atom. The highest BCUT2D eigenvalue weighted by molar-refractivity contribution is 5.73. The number of rotatable bonds is 13. The van der Waals surface area contributed by atoms with Crippen molar-refractivity contribution in [2.75, 3.05) is 0 Å². The van der Waals surface area contributed by atoms with Gasteiger partial charge < -0.3 is 9.47 Å². The second kappa shape index (κ2) is 16.3. The molecule has 0 saturated carbocycles. The Labute approximate surface area is 174 Å². The summed E-state index contributed by atoms with van der Waals surface area (Å²) in [6, 6.07) is 0. The topological polar surface area (TPSA) is 69.7 Å². The molecule has 0 spiro atoms. The number of ether oxygens (including phenoxy) is 2. The van der Waals surface area contributed by atoms with Gasteiger partial charge in [-0.1, -0.05) is 29.4 Å². The summed E-state index contributed by atoms with van der Waals surface area (Å²) in [7, 11) is 0. The molecule has 0 saturated heterocycles. The van der Waals surface area contributed by atoms with Crippen LogP contribution in [0.2, 0.25) is 0 Å². The van der Waals surface area contributed by atoms with Crippen LogP contribution in [0.5, 0.6) is 0 Å². The molecule has 0 aliphatic carbocycles. The monoisotopic (exact) mass is 402 g/mol. The summed E-state index contributed by atoms with van der Waals surface area (Å²) in [5, 5.41) is 0. The Bertz CT molecular complexity index is 686. The summed E-state index contributed by atoms with van der Waals surface area (Å²) in [4.78, 5) is 33.0. The number of carbonyl (C=O) groups is 3. The van der Waals surface area contributed by atoms with Gasteiger partial charge in [0.25, 0.3) is 0 Å². The second-order valence-electron chi connectivity index (χ2n) is 7.06. The first-order valence-corrected chi connectivity index (χ1v) is 9.87. The molecule has 0 amide bonds. The average molecular weight is 403 g/mol. The minimum atomic E-state index is -0.410. The highest BCUT2D eigenvalue weighted by atomic mass is 16.5. The first kappa shape index (κ1) is 26.3. The Morgan fingerprint density at radius 1 is 0.724 bits per heavy atom. The van der Waals surface area contributed by atoms with Gasteiger partial charge in [-0.3, -0.25) is 14.4 Å². The summed E-state index contributed by atoms with van der Waals surface area (Å²) in [5.41, 5.74) is 4.08. The van der Waals surface area contributed by atoms with E-state index in [0.717, 1.165) is 49.5 Å². The van der Waals surface area contributed by atoms with Crippen LogP contribution in [0, 0.1) is 0 Å². The molecule has 0 fully saturated rings. The molecular weight excluding hydrogens is 368 g/mol. The largest absolute Gasteiger partial charge is 0.435 e. The SMILES string of the molecule is CC(=O)O/C=C/C(=C/OC(C)=O)CC/C=C(\C)CC/C=C(/C=O)CCC=C(C)C. The summed E-state index contributed by atoms with van der Waals surface area (Å²) < 4.78 is 9.69. The molecule has 0 aromatic carbocycles. The molecule has 0 bridgehead atoms. The predicted molar refractivity (Wildman–Crippen MR) is 116 cm³/mol. The molecule has 0 aromatic rings. The van der Waals surface area contributed by atoms with Crippen LogP contribution in [0.25, 0.3) is 0 Å². The first-order chi connectivity index (χ1) is 13.7. The normalized spacial score (nSPS) is 12.7. The maximum absolute atomic E-state index is 11.2. The molecule has 5 nitrogen and oxygen atoms in total. The van der Waals surface area contributed by atoms with E-state index in [9.17, 15) is 14.4 Å². The highest BCUT2D eigenvalue weighted by Gasteiger charge is 1.98. The van der Waals surface area contributed by atoms with Crippen molar-refractivity contribution in [2.45, 2.75) is 73.1 Å². The smallest absolute Gasteiger partial charge is 0.307 e. The molecule has 0 aromatic heterocycles. The van der Waals surface area contributed by atoms with Crippen LogP contribution in [-0.2, 0) is 23.9 Å². The van der Waals surface area contributed by atoms with E-state index in [4.69, 9.17) is 9.47 Å². The quantitative estimate of drug-likeness (QED) is 0.0959. The van der Waals surface area contributed by atoms with E-state index in [0.29, 0.717) is 6.42 Å². The van der Waals surface area contributed by atoms with E-state index in [1.807, 2.05) is 6.08 Å². The maximum Gasteiger partial charge on any atom is 0.307 e. The first-order valence-electron chi connectivity index (χ1n) is 9.87. The van der Waals surface area contributed by atoms with E-state index >= 15 is 0 Å². The predicted octanol–water partition coefficient (Wildman–Crippen LogP) is 5.89.